The number of imidazole rings is 1. The van der Waals surface area contributed by atoms with Crippen molar-refractivity contribution >= 4 is 44.6 Å². The molecule has 0 saturated carbocycles. The van der Waals surface area contributed by atoms with Crippen molar-refractivity contribution in [2.45, 2.75) is 19.8 Å². The lowest BCUT2D eigenvalue weighted by Gasteiger charge is -2.10. The van der Waals surface area contributed by atoms with E-state index in [-0.39, 0.29) is 0 Å². The largest absolute Gasteiger partial charge is 0.369 e. The minimum atomic E-state index is 0.429. The number of rotatable bonds is 3. The fourth-order valence-electron chi connectivity index (χ4n) is 2.50. The lowest BCUT2D eigenvalue weighted by Crippen LogP contribution is -2.05. The highest BCUT2D eigenvalue weighted by molar-refractivity contribution is 9.10. The zero-order valence-corrected chi connectivity index (χ0v) is 14.1. The first kappa shape index (κ1) is 14.4. The topological polar surface area (TPSA) is 61.7 Å². The highest BCUT2D eigenvalue weighted by atomic mass is 79.9. The maximum absolute atomic E-state index is 6.19. The van der Waals surface area contributed by atoms with Crippen LogP contribution < -0.4 is 5.73 Å². The summed E-state index contributed by atoms with van der Waals surface area (Å²) < 4.78 is 4.48. The summed E-state index contributed by atoms with van der Waals surface area (Å²) in [6.07, 6.45) is 1.89. The summed E-state index contributed by atoms with van der Waals surface area (Å²) in [6, 6.07) is 5.65. The third kappa shape index (κ3) is 2.22. The summed E-state index contributed by atoms with van der Waals surface area (Å²) in [6.45, 7) is 2.12. The molecule has 2 N–H and O–H groups in total. The fourth-order valence-corrected chi connectivity index (χ4v) is 3.12. The second-order valence-corrected chi connectivity index (χ2v) is 6.07. The Labute approximate surface area is 135 Å². The van der Waals surface area contributed by atoms with Crippen LogP contribution in [0.2, 0.25) is 5.02 Å². The van der Waals surface area contributed by atoms with Crippen molar-refractivity contribution in [3.05, 3.63) is 33.4 Å². The second-order valence-electron chi connectivity index (χ2n) is 4.87. The molecular weight excluding hydrogens is 354 g/mol. The zero-order valence-electron chi connectivity index (χ0n) is 11.8. The maximum Gasteiger partial charge on any atom is 0.207 e. The van der Waals surface area contributed by atoms with Gasteiger partial charge in [0, 0.05) is 7.05 Å². The van der Waals surface area contributed by atoms with Crippen LogP contribution in [0.15, 0.2) is 22.7 Å². The van der Waals surface area contributed by atoms with Gasteiger partial charge in [0.25, 0.3) is 0 Å². The normalized spacial score (nSPS) is 11.4. The molecule has 1 aromatic carbocycles. The molecular formula is C14H15BrClN5. The molecule has 0 atom stereocenters. The predicted molar refractivity (Wildman–Crippen MR) is 89.0 cm³/mol. The number of nitrogen functional groups attached to an aromatic ring is 1. The predicted octanol–water partition coefficient (Wildman–Crippen LogP) is 3.71. The van der Waals surface area contributed by atoms with Crippen LogP contribution in [0.3, 0.4) is 0 Å². The Bertz CT molecular complexity index is 820. The summed E-state index contributed by atoms with van der Waals surface area (Å²) >= 11 is 9.70. The quantitative estimate of drug-likeness (QED) is 0.766. The fraction of sp³-hybridized carbons (Fsp3) is 0.286. The monoisotopic (exact) mass is 367 g/mol. The van der Waals surface area contributed by atoms with E-state index in [0.717, 1.165) is 39.9 Å². The van der Waals surface area contributed by atoms with Gasteiger partial charge in [0.1, 0.15) is 5.52 Å². The number of aryl methyl sites for hydroxylation is 2. The number of hydrogen-bond donors (Lipinski definition) is 1. The number of fused-ring (bicyclic) bond motifs is 1. The number of anilines is 1. The molecule has 0 radical (unpaired) electrons. The molecule has 110 valence electrons. The van der Waals surface area contributed by atoms with Crippen molar-refractivity contribution in [2.75, 3.05) is 5.73 Å². The van der Waals surface area contributed by atoms with Crippen LogP contribution in [0.25, 0.3) is 16.9 Å². The van der Waals surface area contributed by atoms with Crippen molar-refractivity contribution in [1.29, 1.82) is 0 Å². The molecule has 0 amide bonds. The third-order valence-electron chi connectivity index (χ3n) is 3.39. The molecule has 7 heteroatoms. The summed E-state index contributed by atoms with van der Waals surface area (Å²) in [4.78, 5) is 4.49. The number of aromatic nitrogens is 4. The first-order valence-electron chi connectivity index (χ1n) is 6.68. The molecule has 0 aliphatic carbocycles. The van der Waals surface area contributed by atoms with E-state index in [4.69, 9.17) is 17.3 Å². The smallest absolute Gasteiger partial charge is 0.207 e. The molecule has 21 heavy (non-hydrogen) atoms. The zero-order chi connectivity index (χ0) is 15.1. The van der Waals surface area contributed by atoms with Gasteiger partial charge in [-0.3, -0.25) is 4.57 Å². The first-order chi connectivity index (χ1) is 10.0. The number of nitrogens with zero attached hydrogens (tertiary/aromatic N) is 4. The lowest BCUT2D eigenvalue weighted by atomic mass is 10.2. The van der Waals surface area contributed by atoms with Gasteiger partial charge in [0.2, 0.25) is 5.95 Å². The Kier molecular flexibility index (Phi) is 3.67. The van der Waals surface area contributed by atoms with Crippen LogP contribution in [-0.2, 0) is 13.5 Å². The van der Waals surface area contributed by atoms with Crippen molar-refractivity contribution in [1.82, 2.24) is 19.3 Å². The lowest BCUT2D eigenvalue weighted by molar-refractivity contribution is 0.737. The van der Waals surface area contributed by atoms with E-state index in [1.54, 1.807) is 0 Å². The van der Waals surface area contributed by atoms with E-state index in [9.17, 15) is 0 Å². The number of halogens is 2. The molecule has 0 unspecified atom stereocenters. The molecule has 0 saturated heterocycles. The second kappa shape index (κ2) is 5.35. The molecule has 2 heterocycles. The Morgan fingerprint density at radius 3 is 2.86 bits per heavy atom. The van der Waals surface area contributed by atoms with E-state index in [2.05, 4.69) is 32.9 Å². The van der Waals surface area contributed by atoms with Gasteiger partial charge in [0.05, 0.1) is 20.9 Å². The van der Waals surface area contributed by atoms with Crippen LogP contribution >= 0.6 is 27.5 Å². The van der Waals surface area contributed by atoms with Gasteiger partial charge < -0.3 is 5.73 Å². The summed E-state index contributed by atoms with van der Waals surface area (Å²) in [5.74, 6) is 0.429. The van der Waals surface area contributed by atoms with Crippen LogP contribution in [0.1, 0.15) is 19.0 Å². The molecule has 0 aliphatic rings. The van der Waals surface area contributed by atoms with Crippen molar-refractivity contribution in [2.24, 2.45) is 7.05 Å². The third-order valence-corrected chi connectivity index (χ3v) is 4.77. The Balaban J connectivity index is 2.33. The molecule has 2 aromatic heterocycles. The summed E-state index contributed by atoms with van der Waals surface area (Å²) in [5, 5.41) is 5.18. The highest BCUT2D eigenvalue weighted by Gasteiger charge is 2.20. The van der Waals surface area contributed by atoms with Crippen LogP contribution in [0.4, 0.5) is 5.95 Å². The molecule has 0 spiro atoms. The number of benzene rings is 1. The van der Waals surface area contributed by atoms with Crippen molar-refractivity contribution in [3.63, 3.8) is 0 Å². The van der Waals surface area contributed by atoms with Crippen LogP contribution in [-0.4, -0.2) is 19.3 Å². The van der Waals surface area contributed by atoms with E-state index in [1.807, 2.05) is 34.5 Å². The van der Waals surface area contributed by atoms with Gasteiger partial charge in [-0.05, 0) is 34.5 Å². The SMILES string of the molecule is CCCc1nn(C)c2c1nc(N)n2-c1cccc(Cl)c1Br. The number of nitrogens with two attached hydrogens (primary N) is 1. The molecule has 0 fully saturated rings. The van der Waals surface area contributed by atoms with E-state index in [1.165, 1.54) is 0 Å². The molecule has 3 aromatic rings. The Hall–Kier alpha value is -1.53. The Morgan fingerprint density at radius 2 is 2.14 bits per heavy atom. The van der Waals surface area contributed by atoms with E-state index >= 15 is 0 Å². The minimum absolute atomic E-state index is 0.429. The maximum atomic E-state index is 6.19. The standard InChI is InChI=1S/C14H15BrClN5/c1-3-5-9-12-13(20(2)19-9)21(14(17)18-12)10-7-4-6-8(16)11(10)15/h4,6-7H,3,5H2,1-2H3,(H2,17,18). The molecule has 3 rings (SSSR count). The van der Waals surface area contributed by atoms with E-state index < -0.39 is 0 Å². The van der Waals surface area contributed by atoms with Gasteiger partial charge in [-0.1, -0.05) is 31.0 Å². The van der Waals surface area contributed by atoms with Crippen molar-refractivity contribution < 1.29 is 0 Å². The van der Waals surface area contributed by atoms with Gasteiger partial charge in [0.15, 0.2) is 5.65 Å². The van der Waals surface area contributed by atoms with Gasteiger partial charge in [-0.25, -0.2) is 9.67 Å². The number of hydrogen-bond acceptors (Lipinski definition) is 3. The van der Waals surface area contributed by atoms with Crippen LogP contribution in [0.5, 0.6) is 0 Å². The first-order valence-corrected chi connectivity index (χ1v) is 7.85. The summed E-state index contributed by atoms with van der Waals surface area (Å²) in [5.41, 5.74) is 9.68. The molecule has 5 nitrogen and oxygen atoms in total. The van der Waals surface area contributed by atoms with Gasteiger partial charge in [-0.2, -0.15) is 5.10 Å². The van der Waals surface area contributed by atoms with Crippen LogP contribution in [0, 0.1) is 0 Å². The van der Waals surface area contributed by atoms with Gasteiger partial charge >= 0.3 is 0 Å². The average molecular weight is 369 g/mol. The summed E-state index contributed by atoms with van der Waals surface area (Å²) in [7, 11) is 1.90. The molecule has 0 bridgehead atoms. The van der Waals surface area contributed by atoms with Crippen molar-refractivity contribution in [3.8, 4) is 5.69 Å². The Morgan fingerprint density at radius 1 is 1.38 bits per heavy atom. The van der Waals surface area contributed by atoms with Gasteiger partial charge in [-0.15, -0.1) is 0 Å². The average Bonchev–Trinajstić information content (AvgIpc) is 2.92. The van der Waals surface area contributed by atoms with E-state index in [0.29, 0.717) is 11.0 Å². The molecule has 0 aliphatic heterocycles. The highest BCUT2D eigenvalue weighted by Crippen LogP contribution is 2.33. The minimum Gasteiger partial charge on any atom is -0.369 e.